The van der Waals surface area contributed by atoms with Gasteiger partial charge in [0.15, 0.2) is 0 Å². The van der Waals surface area contributed by atoms with E-state index in [1.807, 2.05) is 0 Å². The molecule has 0 amide bonds. The maximum Gasteiger partial charge on any atom is 0.0471 e. The zero-order valence-electron chi connectivity index (χ0n) is 13.8. The highest BCUT2D eigenvalue weighted by Crippen LogP contribution is 2.23. The maximum absolute atomic E-state index is 6.06. The van der Waals surface area contributed by atoms with Crippen LogP contribution in [0.3, 0.4) is 0 Å². The molecule has 1 atom stereocenters. The van der Waals surface area contributed by atoms with Crippen LogP contribution in [0.2, 0.25) is 0 Å². The molecule has 0 spiro atoms. The molecule has 1 aromatic rings. The maximum atomic E-state index is 6.06. The first-order valence-corrected chi connectivity index (χ1v) is 8.09. The van der Waals surface area contributed by atoms with Crippen molar-refractivity contribution in [2.45, 2.75) is 19.4 Å². The van der Waals surface area contributed by atoms with Crippen molar-refractivity contribution in [3.63, 3.8) is 0 Å². The summed E-state index contributed by atoms with van der Waals surface area (Å²) in [5.41, 5.74) is 8.64. The second-order valence-corrected chi connectivity index (χ2v) is 6.12. The minimum atomic E-state index is 0.352. The fraction of sp³-hybridized carbons (Fsp3) is 0.647. The van der Waals surface area contributed by atoms with Gasteiger partial charge in [0.1, 0.15) is 0 Å². The Labute approximate surface area is 129 Å². The van der Waals surface area contributed by atoms with Crippen LogP contribution in [-0.2, 0) is 0 Å². The van der Waals surface area contributed by atoms with E-state index in [0.29, 0.717) is 12.6 Å². The van der Waals surface area contributed by atoms with Gasteiger partial charge in [0, 0.05) is 58.5 Å². The van der Waals surface area contributed by atoms with Gasteiger partial charge in [0.2, 0.25) is 0 Å². The molecule has 0 bridgehead atoms. The summed E-state index contributed by atoms with van der Waals surface area (Å²) < 4.78 is 0. The van der Waals surface area contributed by atoms with Gasteiger partial charge in [-0.1, -0.05) is 19.1 Å². The molecule has 1 fully saturated rings. The summed E-state index contributed by atoms with van der Waals surface area (Å²) >= 11 is 0. The molecule has 1 aromatic carbocycles. The Bertz CT molecular complexity index is 407. The van der Waals surface area contributed by atoms with E-state index in [1.165, 1.54) is 37.3 Å². The van der Waals surface area contributed by atoms with Crippen molar-refractivity contribution in [2.75, 3.05) is 58.3 Å². The van der Waals surface area contributed by atoms with E-state index in [9.17, 15) is 0 Å². The van der Waals surface area contributed by atoms with Crippen molar-refractivity contribution in [3.05, 3.63) is 29.8 Å². The second kappa shape index (κ2) is 7.78. The van der Waals surface area contributed by atoms with Crippen LogP contribution in [0.4, 0.5) is 5.69 Å². The number of benzene rings is 1. The first kappa shape index (κ1) is 16.3. The molecule has 0 saturated carbocycles. The predicted octanol–water partition coefficient (Wildman–Crippen LogP) is 1.78. The molecular weight excluding hydrogens is 260 g/mol. The van der Waals surface area contributed by atoms with Crippen molar-refractivity contribution < 1.29 is 0 Å². The summed E-state index contributed by atoms with van der Waals surface area (Å²) in [5.74, 6) is 0. The molecule has 0 aliphatic carbocycles. The molecule has 2 N–H and O–H groups in total. The lowest BCUT2D eigenvalue weighted by Gasteiger charge is -2.39. The minimum absolute atomic E-state index is 0.352. The fourth-order valence-electron chi connectivity index (χ4n) is 3.11. The van der Waals surface area contributed by atoms with E-state index < -0.39 is 0 Å². The Balaban J connectivity index is 1.99. The largest absolute Gasteiger partial charge is 0.378 e. The van der Waals surface area contributed by atoms with Crippen molar-refractivity contribution in [3.8, 4) is 0 Å². The molecule has 21 heavy (non-hydrogen) atoms. The zero-order chi connectivity index (χ0) is 15.2. The number of nitrogens with zero attached hydrogens (tertiary/aromatic N) is 3. The topological polar surface area (TPSA) is 35.7 Å². The monoisotopic (exact) mass is 290 g/mol. The van der Waals surface area contributed by atoms with Gasteiger partial charge in [-0.3, -0.25) is 4.90 Å². The molecular formula is C17H30N4. The van der Waals surface area contributed by atoms with Crippen LogP contribution in [0.5, 0.6) is 0 Å². The number of nitrogens with two attached hydrogens (primary N) is 1. The van der Waals surface area contributed by atoms with Crippen LogP contribution in [0, 0.1) is 0 Å². The lowest BCUT2D eigenvalue weighted by molar-refractivity contribution is 0.0985. The Hall–Kier alpha value is -1.10. The molecule has 118 valence electrons. The SMILES string of the molecule is CCCN1CCN(C(CN)c2ccc(N(C)C)cc2)CC1. The Morgan fingerprint density at radius 3 is 2.19 bits per heavy atom. The smallest absolute Gasteiger partial charge is 0.0471 e. The summed E-state index contributed by atoms with van der Waals surface area (Å²) in [6.45, 7) is 8.74. The normalized spacial score (nSPS) is 18.7. The van der Waals surface area contributed by atoms with E-state index >= 15 is 0 Å². The zero-order valence-corrected chi connectivity index (χ0v) is 13.8. The van der Waals surface area contributed by atoms with Crippen molar-refractivity contribution in [2.24, 2.45) is 5.73 Å². The summed E-state index contributed by atoms with van der Waals surface area (Å²) in [7, 11) is 4.14. The third-order valence-electron chi connectivity index (χ3n) is 4.41. The predicted molar refractivity (Wildman–Crippen MR) is 90.9 cm³/mol. The van der Waals surface area contributed by atoms with Gasteiger partial charge in [-0.05, 0) is 30.7 Å². The number of rotatable bonds is 6. The third kappa shape index (κ3) is 4.19. The van der Waals surface area contributed by atoms with Crippen LogP contribution in [-0.4, -0.2) is 63.2 Å². The van der Waals surface area contributed by atoms with Gasteiger partial charge in [-0.15, -0.1) is 0 Å². The third-order valence-corrected chi connectivity index (χ3v) is 4.41. The van der Waals surface area contributed by atoms with E-state index in [1.54, 1.807) is 0 Å². The summed E-state index contributed by atoms with van der Waals surface area (Å²) in [4.78, 5) is 7.22. The molecule has 0 aromatic heterocycles. The van der Waals surface area contributed by atoms with Crippen LogP contribution in [0.15, 0.2) is 24.3 Å². The lowest BCUT2D eigenvalue weighted by atomic mass is 10.0. The minimum Gasteiger partial charge on any atom is -0.378 e. The Morgan fingerprint density at radius 2 is 1.71 bits per heavy atom. The molecule has 0 radical (unpaired) electrons. The highest BCUT2D eigenvalue weighted by atomic mass is 15.3. The van der Waals surface area contributed by atoms with Gasteiger partial charge in [-0.25, -0.2) is 0 Å². The Morgan fingerprint density at radius 1 is 1.10 bits per heavy atom. The molecule has 1 aliphatic heterocycles. The average Bonchev–Trinajstić information content (AvgIpc) is 2.50. The Kier molecular flexibility index (Phi) is 6.03. The average molecular weight is 290 g/mol. The number of anilines is 1. The van der Waals surface area contributed by atoms with Crippen molar-refractivity contribution in [1.82, 2.24) is 9.80 Å². The molecule has 1 saturated heterocycles. The van der Waals surface area contributed by atoms with E-state index in [2.05, 4.69) is 60.0 Å². The highest BCUT2D eigenvalue weighted by molar-refractivity contribution is 5.46. The highest BCUT2D eigenvalue weighted by Gasteiger charge is 2.23. The van der Waals surface area contributed by atoms with Gasteiger partial charge >= 0.3 is 0 Å². The first-order valence-electron chi connectivity index (χ1n) is 8.09. The molecule has 2 rings (SSSR count). The standard InChI is InChI=1S/C17H30N4/c1-4-9-20-10-12-21(13-11-20)17(14-18)15-5-7-16(8-6-15)19(2)3/h5-8,17H,4,9-14,18H2,1-3H3. The van der Waals surface area contributed by atoms with Gasteiger partial charge in [0.25, 0.3) is 0 Å². The fourth-order valence-corrected chi connectivity index (χ4v) is 3.11. The molecule has 1 aliphatic rings. The summed E-state index contributed by atoms with van der Waals surface area (Å²) in [6.07, 6.45) is 1.24. The number of piperazine rings is 1. The molecule has 4 heteroatoms. The molecule has 1 heterocycles. The van der Waals surface area contributed by atoms with Crippen LogP contribution >= 0.6 is 0 Å². The van der Waals surface area contributed by atoms with Crippen molar-refractivity contribution in [1.29, 1.82) is 0 Å². The van der Waals surface area contributed by atoms with E-state index in [4.69, 9.17) is 5.73 Å². The van der Waals surface area contributed by atoms with E-state index in [0.717, 1.165) is 13.1 Å². The summed E-state index contributed by atoms with van der Waals surface area (Å²) in [5, 5.41) is 0. The van der Waals surface area contributed by atoms with Crippen LogP contribution in [0.25, 0.3) is 0 Å². The van der Waals surface area contributed by atoms with Gasteiger partial charge in [0.05, 0.1) is 0 Å². The van der Waals surface area contributed by atoms with Gasteiger partial charge < -0.3 is 15.5 Å². The molecule has 1 unspecified atom stereocenters. The van der Waals surface area contributed by atoms with Crippen LogP contribution in [0.1, 0.15) is 24.9 Å². The second-order valence-electron chi connectivity index (χ2n) is 6.12. The van der Waals surface area contributed by atoms with Gasteiger partial charge in [-0.2, -0.15) is 0 Å². The number of hydrogen-bond acceptors (Lipinski definition) is 4. The lowest BCUT2D eigenvalue weighted by Crippen LogP contribution is -2.49. The molecule has 4 nitrogen and oxygen atoms in total. The summed E-state index contributed by atoms with van der Waals surface area (Å²) in [6, 6.07) is 9.18. The van der Waals surface area contributed by atoms with Crippen molar-refractivity contribution >= 4 is 5.69 Å². The van der Waals surface area contributed by atoms with Crippen LogP contribution < -0.4 is 10.6 Å². The first-order chi connectivity index (χ1) is 10.2. The quantitative estimate of drug-likeness (QED) is 0.866. The number of hydrogen-bond donors (Lipinski definition) is 1. The van der Waals surface area contributed by atoms with E-state index in [-0.39, 0.29) is 0 Å².